The Morgan fingerprint density at radius 3 is 2.79 bits per heavy atom. The lowest BCUT2D eigenvalue weighted by atomic mass is 9.99. The van der Waals surface area contributed by atoms with Crippen molar-refractivity contribution in [1.29, 1.82) is 0 Å². The van der Waals surface area contributed by atoms with Crippen molar-refractivity contribution in [3.05, 3.63) is 23.9 Å². The molecule has 1 saturated heterocycles. The summed E-state index contributed by atoms with van der Waals surface area (Å²) in [6.07, 6.45) is 2.23. The van der Waals surface area contributed by atoms with Gasteiger partial charge in [-0.3, -0.25) is 9.69 Å². The molecule has 1 aromatic heterocycles. The van der Waals surface area contributed by atoms with E-state index in [1.54, 1.807) is 26.2 Å². The van der Waals surface area contributed by atoms with Gasteiger partial charge in [-0.1, -0.05) is 13.0 Å². The number of carbonyl (C=O) groups excluding carboxylic acids is 2. The van der Waals surface area contributed by atoms with E-state index in [2.05, 4.69) is 15.6 Å². The van der Waals surface area contributed by atoms with Crippen molar-refractivity contribution < 1.29 is 9.59 Å². The second-order valence-corrected chi connectivity index (χ2v) is 4.77. The molecule has 2 rings (SSSR count). The van der Waals surface area contributed by atoms with Gasteiger partial charge in [-0.25, -0.2) is 9.78 Å². The molecule has 0 aromatic carbocycles. The molecule has 2 N–H and O–H groups in total. The maximum Gasteiger partial charge on any atom is 0.325 e. The predicted octanol–water partition coefficient (Wildman–Crippen LogP) is 1.34. The normalized spacial score (nSPS) is 22.6. The summed E-state index contributed by atoms with van der Waals surface area (Å²) >= 11 is 0. The third-order valence-corrected chi connectivity index (χ3v) is 3.51. The number of rotatable bonds is 4. The molecule has 0 radical (unpaired) electrons. The minimum Gasteiger partial charge on any atom is -0.373 e. The van der Waals surface area contributed by atoms with Crippen molar-refractivity contribution in [2.24, 2.45) is 0 Å². The zero-order valence-electron chi connectivity index (χ0n) is 11.4. The minimum atomic E-state index is -0.793. The van der Waals surface area contributed by atoms with Gasteiger partial charge in [0.1, 0.15) is 11.4 Å². The summed E-state index contributed by atoms with van der Waals surface area (Å²) in [6, 6.07) is 3.29. The van der Waals surface area contributed by atoms with Crippen LogP contribution in [-0.2, 0) is 11.3 Å². The molecule has 0 bridgehead atoms. The van der Waals surface area contributed by atoms with E-state index < -0.39 is 5.54 Å². The molecule has 0 saturated carbocycles. The molecule has 1 atom stereocenters. The van der Waals surface area contributed by atoms with Crippen LogP contribution in [0.2, 0.25) is 0 Å². The van der Waals surface area contributed by atoms with E-state index >= 15 is 0 Å². The van der Waals surface area contributed by atoms with Crippen LogP contribution >= 0.6 is 0 Å². The Kier molecular flexibility index (Phi) is 3.42. The lowest BCUT2D eigenvalue weighted by molar-refractivity contribution is -0.131. The number of urea groups is 1. The number of nitrogens with one attached hydrogen (secondary N) is 2. The SMILES string of the molecule is CCC1(C)NC(=O)N(Cc2cccnc2NC)C1=O. The number of amides is 3. The summed E-state index contributed by atoms with van der Waals surface area (Å²) in [4.78, 5) is 29.6. The van der Waals surface area contributed by atoms with Gasteiger partial charge in [-0.15, -0.1) is 0 Å². The summed E-state index contributed by atoms with van der Waals surface area (Å²) in [5.41, 5.74) is 0.0212. The van der Waals surface area contributed by atoms with E-state index in [1.807, 2.05) is 13.0 Å². The molecule has 1 aliphatic rings. The van der Waals surface area contributed by atoms with Crippen LogP contribution in [0.15, 0.2) is 18.3 Å². The van der Waals surface area contributed by atoms with Gasteiger partial charge in [-0.05, 0) is 19.4 Å². The molecule has 1 aromatic rings. The smallest absolute Gasteiger partial charge is 0.325 e. The highest BCUT2D eigenvalue weighted by Crippen LogP contribution is 2.24. The van der Waals surface area contributed by atoms with E-state index in [1.165, 1.54) is 4.90 Å². The molecule has 102 valence electrons. The molecular formula is C13H18N4O2. The summed E-state index contributed by atoms with van der Waals surface area (Å²) < 4.78 is 0. The number of hydrogen-bond acceptors (Lipinski definition) is 4. The van der Waals surface area contributed by atoms with Crippen LogP contribution in [0.3, 0.4) is 0 Å². The van der Waals surface area contributed by atoms with Gasteiger partial charge < -0.3 is 10.6 Å². The van der Waals surface area contributed by atoms with Gasteiger partial charge in [0.15, 0.2) is 0 Å². The largest absolute Gasteiger partial charge is 0.373 e. The van der Waals surface area contributed by atoms with Crippen LogP contribution in [0, 0.1) is 0 Å². The molecule has 3 amide bonds. The molecule has 0 aliphatic carbocycles. The second-order valence-electron chi connectivity index (χ2n) is 4.77. The number of pyridine rings is 1. The predicted molar refractivity (Wildman–Crippen MR) is 71.6 cm³/mol. The van der Waals surface area contributed by atoms with Crippen molar-refractivity contribution >= 4 is 17.8 Å². The fraction of sp³-hybridized carbons (Fsp3) is 0.462. The minimum absolute atomic E-state index is 0.189. The monoisotopic (exact) mass is 262 g/mol. The number of aromatic nitrogens is 1. The van der Waals surface area contributed by atoms with Crippen LogP contribution in [-0.4, -0.2) is 34.4 Å². The summed E-state index contributed by atoms with van der Waals surface area (Å²) in [5, 5.41) is 5.69. The molecular weight excluding hydrogens is 244 g/mol. The van der Waals surface area contributed by atoms with Crippen molar-refractivity contribution in [3.8, 4) is 0 Å². The molecule has 6 nitrogen and oxygen atoms in total. The van der Waals surface area contributed by atoms with Crippen molar-refractivity contribution in [1.82, 2.24) is 15.2 Å². The zero-order chi connectivity index (χ0) is 14.0. The van der Waals surface area contributed by atoms with Crippen molar-refractivity contribution in [3.63, 3.8) is 0 Å². The van der Waals surface area contributed by atoms with Gasteiger partial charge in [0.25, 0.3) is 5.91 Å². The summed E-state index contributed by atoms with van der Waals surface area (Å²) in [7, 11) is 1.76. The molecule has 1 aliphatic heterocycles. The zero-order valence-corrected chi connectivity index (χ0v) is 11.4. The lowest BCUT2D eigenvalue weighted by Gasteiger charge is -2.19. The molecule has 1 fully saturated rings. The van der Waals surface area contributed by atoms with Gasteiger partial charge >= 0.3 is 6.03 Å². The first-order valence-electron chi connectivity index (χ1n) is 6.27. The fourth-order valence-corrected chi connectivity index (χ4v) is 2.09. The van der Waals surface area contributed by atoms with Gasteiger partial charge in [-0.2, -0.15) is 0 Å². The van der Waals surface area contributed by atoms with E-state index in [0.717, 1.165) is 5.56 Å². The van der Waals surface area contributed by atoms with E-state index in [9.17, 15) is 9.59 Å². The third-order valence-electron chi connectivity index (χ3n) is 3.51. The number of anilines is 1. The van der Waals surface area contributed by atoms with E-state index in [0.29, 0.717) is 12.2 Å². The molecule has 0 spiro atoms. The highest BCUT2D eigenvalue weighted by Gasteiger charge is 2.46. The summed E-state index contributed by atoms with van der Waals surface area (Å²) in [6.45, 7) is 3.85. The molecule has 2 heterocycles. The lowest BCUT2D eigenvalue weighted by Crippen LogP contribution is -2.43. The van der Waals surface area contributed by atoms with Crippen molar-refractivity contribution in [2.45, 2.75) is 32.4 Å². The Morgan fingerprint density at radius 2 is 2.21 bits per heavy atom. The fourth-order valence-electron chi connectivity index (χ4n) is 2.09. The van der Waals surface area contributed by atoms with Crippen molar-refractivity contribution in [2.75, 3.05) is 12.4 Å². The Balaban J connectivity index is 2.24. The highest BCUT2D eigenvalue weighted by molar-refractivity contribution is 6.06. The Morgan fingerprint density at radius 1 is 1.47 bits per heavy atom. The van der Waals surface area contributed by atoms with Gasteiger partial charge in [0, 0.05) is 18.8 Å². The highest BCUT2D eigenvalue weighted by atomic mass is 16.2. The maximum atomic E-state index is 12.3. The topological polar surface area (TPSA) is 74.3 Å². The third kappa shape index (κ3) is 2.25. The quantitative estimate of drug-likeness (QED) is 0.803. The Hall–Kier alpha value is -2.11. The Labute approximate surface area is 112 Å². The standard InChI is InChI=1S/C13H18N4O2/c1-4-13(2)11(18)17(12(19)16-13)8-9-6-5-7-15-10(9)14-3/h5-7H,4,8H2,1-3H3,(H,14,15)(H,16,19). The van der Waals surface area contributed by atoms with Crippen LogP contribution in [0.4, 0.5) is 10.6 Å². The maximum absolute atomic E-state index is 12.3. The number of nitrogens with zero attached hydrogens (tertiary/aromatic N) is 2. The first-order valence-corrected chi connectivity index (χ1v) is 6.27. The second kappa shape index (κ2) is 4.87. The van der Waals surface area contributed by atoms with Crippen LogP contribution in [0.1, 0.15) is 25.8 Å². The van der Waals surface area contributed by atoms with Crippen LogP contribution in [0.25, 0.3) is 0 Å². The first kappa shape index (κ1) is 13.3. The molecule has 6 heteroatoms. The Bertz CT molecular complexity index is 517. The average molecular weight is 262 g/mol. The summed E-state index contributed by atoms with van der Waals surface area (Å²) in [5.74, 6) is 0.485. The van der Waals surface area contributed by atoms with Crippen LogP contribution < -0.4 is 10.6 Å². The average Bonchev–Trinajstić information content (AvgIpc) is 2.63. The van der Waals surface area contributed by atoms with Crippen LogP contribution in [0.5, 0.6) is 0 Å². The number of imide groups is 1. The van der Waals surface area contributed by atoms with Gasteiger partial charge in [0.2, 0.25) is 0 Å². The first-order chi connectivity index (χ1) is 9.01. The number of hydrogen-bond donors (Lipinski definition) is 2. The van der Waals surface area contributed by atoms with E-state index in [-0.39, 0.29) is 18.5 Å². The molecule has 19 heavy (non-hydrogen) atoms. The number of carbonyl (C=O) groups is 2. The molecule has 1 unspecified atom stereocenters. The van der Waals surface area contributed by atoms with E-state index in [4.69, 9.17) is 0 Å². The van der Waals surface area contributed by atoms with Gasteiger partial charge in [0.05, 0.1) is 6.54 Å².